The molecule has 0 aromatic heterocycles. The van der Waals surface area contributed by atoms with Gasteiger partial charge in [-0.25, -0.2) is 12.7 Å². The summed E-state index contributed by atoms with van der Waals surface area (Å²) in [6, 6.07) is 7.48. The van der Waals surface area contributed by atoms with Gasteiger partial charge in [0.05, 0.1) is 5.92 Å². The van der Waals surface area contributed by atoms with Crippen molar-refractivity contribution in [2.75, 3.05) is 25.4 Å². The van der Waals surface area contributed by atoms with Gasteiger partial charge in [0.2, 0.25) is 15.9 Å². The monoisotopic (exact) mass is 370 g/mol. The Bertz CT molecular complexity index is 699. The SMILES string of the molecule is CCN(CC)S(=O)(=O)CC(=O)NCC(Cc1cccc(C)c1)C(=O)O. The maximum Gasteiger partial charge on any atom is 0.308 e. The van der Waals surface area contributed by atoms with E-state index >= 15 is 0 Å². The van der Waals surface area contributed by atoms with Crippen molar-refractivity contribution in [3.05, 3.63) is 35.4 Å². The van der Waals surface area contributed by atoms with Gasteiger partial charge in [-0.2, -0.15) is 0 Å². The first-order valence-electron chi connectivity index (χ1n) is 8.22. The number of nitrogens with zero attached hydrogens (tertiary/aromatic N) is 1. The number of aryl methyl sites for hydroxylation is 1. The van der Waals surface area contributed by atoms with Crippen LogP contribution in [0.3, 0.4) is 0 Å². The molecular formula is C17H26N2O5S. The molecule has 0 saturated carbocycles. The van der Waals surface area contributed by atoms with Crippen LogP contribution in [0.1, 0.15) is 25.0 Å². The van der Waals surface area contributed by atoms with Crippen molar-refractivity contribution in [1.82, 2.24) is 9.62 Å². The van der Waals surface area contributed by atoms with Gasteiger partial charge >= 0.3 is 5.97 Å². The average Bonchev–Trinajstić information content (AvgIpc) is 2.51. The summed E-state index contributed by atoms with van der Waals surface area (Å²) in [6.45, 7) is 5.77. The molecule has 0 bridgehead atoms. The molecule has 0 aliphatic carbocycles. The Labute approximate surface area is 149 Å². The summed E-state index contributed by atoms with van der Waals surface area (Å²) in [6.07, 6.45) is 0.264. The highest BCUT2D eigenvalue weighted by Crippen LogP contribution is 2.11. The summed E-state index contributed by atoms with van der Waals surface area (Å²) in [7, 11) is -3.68. The van der Waals surface area contributed by atoms with Gasteiger partial charge in [-0.1, -0.05) is 43.7 Å². The predicted molar refractivity (Wildman–Crippen MR) is 95.7 cm³/mol. The zero-order valence-corrected chi connectivity index (χ0v) is 15.7. The molecule has 0 fully saturated rings. The molecule has 2 N–H and O–H groups in total. The molecule has 0 heterocycles. The summed E-state index contributed by atoms with van der Waals surface area (Å²) in [5.41, 5.74) is 1.88. The maximum absolute atomic E-state index is 12.1. The number of carbonyl (C=O) groups is 2. The van der Waals surface area contributed by atoms with Gasteiger partial charge in [0.15, 0.2) is 0 Å². The van der Waals surface area contributed by atoms with Crippen molar-refractivity contribution >= 4 is 21.9 Å². The van der Waals surface area contributed by atoms with E-state index in [0.717, 1.165) is 11.1 Å². The Morgan fingerprint density at radius 3 is 2.40 bits per heavy atom. The molecule has 0 aliphatic heterocycles. The maximum atomic E-state index is 12.1. The second-order valence-electron chi connectivity index (χ2n) is 5.87. The number of rotatable bonds is 10. The van der Waals surface area contributed by atoms with E-state index in [9.17, 15) is 23.1 Å². The van der Waals surface area contributed by atoms with Gasteiger partial charge < -0.3 is 10.4 Å². The van der Waals surface area contributed by atoms with Crippen LogP contribution < -0.4 is 5.32 Å². The van der Waals surface area contributed by atoms with Crippen LogP contribution in [0.4, 0.5) is 0 Å². The number of nitrogens with one attached hydrogen (secondary N) is 1. The fourth-order valence-corrected chi connectivity index (χ4v) is 3.94. The summed E-state index contributed by atoms with van der Waals surface area (Å²) in [5, 5.41) is 11.8. The second-order valence-corrected chi connectivity index (χ2v) is 7.84. The molecule has 0 aliphatic rings. The Balaban J connectivity index is 2.65. The number of amides is 1. The summed E-state index contributed by atoms with van der Waals surface area (Å²) in [5.74, 6) is -3.22. The number of sulfonamides is 1. The molecule has 140 valence electrons. The first-order chi connectivity index (χ1) is 11.7. The minimum absolute atomic E-state index is 0.115. The minimum atomic E-state index is -3.68. The van der Waals surface area contributed by atoms with Crippen LogP contribution in [0.2, 0.25) is 0 Å². The van der Waals surface area contributed by atoms with E-state index in [-0.39, 0.29) is 26.1 Å². The van der Waals surface area contributed by atoms with Gasteiger partial charge in [-0.15, -0.1) is 0 Å². The highest BCUT2D eigenvalue weighted by atomic mass is 32.2. The molecule has 1 rings (SSSR count). The molecule has 1 atom stereocenters. The van der Waals surface area contributed by atoms with Gasteiger partial charge in [0.25, 0.3) is 0 Å². The summed E-state index contributed by atoms with van der Waals surface area (Å²) < 4.78 is 25.3. The van der Waals surface area contributed by atoms with Gasteiger partial charge in [0, 0.05) is 19.6 Å². The molecule has 0 radical (unpaired) electrons. The lowest BCUT2D eigenvalue weighted by atomic mass is 9.98. The Morgan fingerprint density at radius 2 is 1.88 bits per heavy atom. The highest BCUT2D eigenvalue weighted by Gasteiger charge is 2.24. The molecule has 7 nitrogen and oxygen atoms in total. The van der Waals surface area contributed by atoms with E-state index in [1.54, 1.807) is 13.8 Å². The smallest absolute Gasteiger partial charge is 0.308 e. The Hall–Kier alpha value is -1.93. The van der Waals surface area contributed by atoms with E-state index in [0.29, 0.717) is 0 Å². The van der Waals surface area contributed by atoms with Crippen molar-refractivity contribution in [3.8, 4) is 0 Å². The minimum Gasteiger partial charge on any atom is -0.481 e. The molecule has 0 saturated heterocycles. The van der Waals surface area contributed by atoms with Crippen molar-refractivity contribution in [2.24, 2.45) is 5.92 Å². The van der Waals surface area contributed by atoms with Crippen molar-refractivity contribution in [1.29, 1.82) is 0 Å². The molecule has 1 amide bonds. The van der Waals surface area contributed by atoms with Gasteiger partial charge in [0.1, 0.15) is 5.75 Å². The predicted octanol–water partition coefficient (Wildman–Crippen LogP) is 1.03. The fraction of sp³-hybridized carbons (Fsp3) is 0.529. The average molecular weight is 370 g/mol. The normalized spacial score (nSPS) is 12.8. The lowest BCUT2D eigenvalue weighted by molar-refractivity contribution is -0.141. The number of aliphatic carboxylic acids is 1. The first kappa shape index (κ1) is 21.1. The van der Waals surface area contributed by atoms with E-state index in [1.165, 1.54) is 4.31 Å². The van der Waals surface area contributed by atoms with Crippen molar-refractivity contribution in [3.63, 3.8) is 0 Å². The van der Waals surface area contributed by atoms with Crippen molar-refractivity contribution < 1.29 is 23.1 Å². The molecule has 1 unspecified atom stereocenters. The van der Waals surface area contributed by atoms with Crippen LogP contribution in [0, 0.1) is 12.8 Å². The summed E-state index contributed by atoms with van der Waals surface area (Å²) >= 11 is 0. The van der Waals surface area contributed by atoms with Crippen molar-refractivity contribution in [2.45, 2.75) is 27.2 Å². The van der Waals surface area contributed by atoms with Crippen LogP contribution in [0.5, 0.6) is 0 Å². The largest absolute Gasteiger partial charge is 0.481 e. The zero-order valence-electron chi connectivity index (χ0n) is 14.9. The quantitative estimate of drug-likeness (QED) is 0.640. The zero-order chi connectivity index (χ0) is 19.0. The van der Waals surface area contributed by atoms with Crippen LogP contribution in [0.25, 0.3) is 0 Å². The molecule has 8 heteroatoms. The second kappa shape index (κ2) is 9.53. The summed E-state index contributed by atoms with van der Waals surface area (Å²) in [4.78, 5) is 23.3. The van der Waals surface area contributed by atoms with Crippen LogP contribution in [-0.4, -0.2) is 55.1 Å². The van der Waals surface area contributed by atoms with E-state index in [1.807, 2.05) is 31.2 Å². The third-order valence-corrected chi connectivity index (χ3v) is 5.80. The Kier molecular flexibility index (Phi) is 8.05. The third kappa shape index (κ3) is 6.83. The molecule has 0 spiro atoms. The van der Waals surface area contributed by atoms with Crippen LogP contribution in [0.15, 0.2) is 24.3 Å². The van der Waals surface area contributed by atoms with Crippen LogP contribution in [-0.2, 0) is 26.0 Å². The number of hydrogen-bond donors (Lipinski definition) is 2. The molecular weight excluding hydrogens is 344 g/mol. The topological polar surface area (TPSA) is 104 Å². The highest BCUT2D eigenvalue weighted by molar-refractivity contribution is 7.89. The Morgan fingerprint density at radius 1 is 1.24 bits per heavy atom. The first-order valence-corrected chi connectivity index (χ1v) is 9.83. The number of benzene rings is 1. The lowest BCUT2D eigenvalue weighted by Gasteiger charge is -2.18. The van der Waals surface area contributed by atoms with Gasteiger partial charge in [-0.05, 0) is 18.9 Å². The molecule has 25 heavy (non-hydrogen) atoms. The number of carboxylic acids is 1. The van der Waals surface area contributed by atoms with E-state index in [2.05, 4.69) is 5.32 Å². The molecule has 1 aromatic rings. The number of hydrogen-bond acceptors (Lipinski definition) is 4. The van der Waals surface area contributed by atoms with Gasteiger partial charge in [-0.3, -0.25) is 9.59 Å². The molecule has 1 aromatic carbocycles. The third-order valence-electron chi connectivity index (χ3n) is 3.87. The lowest BCUT2D eigenvalue weighted by Crippen LogP contribution is -2.41. The number of carboxylic acid groups (broad SMARTS) is 1. The van der Waals surface area contributed by atoms with Crippen LogP contribution >= 0.6 is 0 Å². The fourth-order valence-electron chi connectivity index (χ4n) is 2.53. The van der Waals surface area contributed by atoms with E-state index in [4.69, 9.17) is 0 Å². The van der Waals surface area contributed by atoms with E-state index < -0.39 is 33.6 Å². The number of carbonyl (C=O) groups excluding carboxylic acids is 1. The standard InChI is InChI=1S/C17H26N2O5S/c1-4-19(5-2)25(23,24)12-16(20)18-11-15(17(21)22)10-14-8-6-7-13(3)9-14/h6-9,15H,4-5,10-12H2,1-3H3,(H,18,20)(H,21,22).